The van der Waals surface area contributed by atoms with Gasteiger partial charge in [0.2, 0.25) is 0 Å². The number of rotatable bonds is 10. The molecule has 0 amide bonds. The number of H-pyrrole nitrogens is 1. The van der Waals surface area contributed by atoms with Gasteiger partial charge in [0.05, 0.1) is 74.6 Å². The quantitative estimate of drug-likeness (QED) is 0.135. The van der Waals surface area contributed by atoms with E-state index in [0.717, 1.165) is 77.0 Å². The Bertz CT molecular complexity index is 4370. The van der Waals surface area contributed by atoms with Crippen LogP contribution in [0.1, 0.15) is 70.5 Å². The van der Waals surface area contributed by atoms with Gasteiger partial charge >= 0.3 is 0 Å². The Morgan fingerprint density at radius 2 is 0.913 bits per heavy atom. The summed E-state index contributed by atoms with van der Waals surface area (Å²) in [6.07, 6.45) is 8.36. The van der Waals surface area contributed by atoms with E-state index in [4.69, 9.17) is 55.9 Å². The molecule has 11 rings (SSSR count). The fourth-order valence-corrected chi connectivity index (χ4v) is 10.2. The molecule has 0 aliphatic carbocycles. The van der Waals surface area contributed by atoms with Crippen molar-refractivity contribution in [2.45, 2.75) is 77.9 Å². The molecular formula is C74H77Br2Cl4F2N5O5. The maximum absolute atomic E-state index is 14.0. The number of methoxy groups -OCH3 is 2. The van der Waals surface area contributed by atoms with Crippen LogP contribution in [0.2, 0.25) is 20.1 Å². The van der Waals surface area contributed by atoms with Gasteiger partial charge in [0, 0.05) is 107 Å². The largest absolute Gasteiger partial charge is 0.497 e. The minimum Gasteiger partial charge on any atom is -0.497 e. The second-order valence-electron chi connectivity index (χ2n) is 19.3. The molecule has 5 heterocycles. The number of ether oxygens (including phenoxy) is 2. The molecule has 0 bridgehead atoms. The van der Waals surface area contributed by atoms with Gasteiger partial charge < -0.3 is 23.6 Å². The minimum absolute atomic E-state index is 0. The van der Waals surface area contributed by atoms with Crippen LogP contribution in [0.5, 0.6) is 11.5 Å². The van der Waals surface area contributed by atoms with Crippen molar-refractivity contribution in [2.24, 2.45) is 0 Å². The number of halogens is 8. The van der Waals surface area contributed by atoms with E-state index in [1.54, 1.807) is 99.8 Å². The van der Waals surface area contributed by atoms with Crippen molar-refractivity contribution in [3.05, 3.63) is 312 Å². The van der Waals surface area contributed by atoms with E-state index in [1.807, 2.05) is 122 Å². The highest BCUT2D eigenvalue weighted by molar-refractivity contribution is 9.10. The number of aromatic nitrogens is 5. The van der Waals surface area contributed by atoms with Gasteiger partial charge in [0.25, 0.3) is 0 Å². The van der Waals surface area contributed by atoms with E-state index in [0.29, 0.717) is 55.1 Å². The van der Waals surface area contributed by atoms with E-state index >= 15 is 0 Å². The van der Waals surface area contributed by atoms with Crippen LogP contribution in [0.15, 0.2) is 230 Å². The van der Waals surface area contributed by atoms with Crippen LogP contribution in [-0.4, -0.2) is 38.3 Å². The molecule has 6 aromatic carbocycles. The zero-order valence-corrected chi connectivity index (χ0v) is 54.1. The molecule has 0 unspecified atom stereocenters. The first kappa shape index (κ1) is 80.1. The maximum Gasteiger partial charge on any atom is 0.196 e. The van der Waals surface area contributed by atoms with Gasteiger partial charge in [-0.05, 0) is 106 Å². The zero-order chi connectivity index (χ0) is 62.7. The van der Waals surface area contributed by atoms with E-state index < -0.39 is 0 Å². The fourth-order valence-electron chi connectivity index (χ4n) is 8.60. The Labute approximate surface area is 576 Å². The van der Waals surface area contributed by atoms with Crippen LogP contribution in [0.3, 0.4) is 0 Å². The average Bonchev–Trinajstić information content (AvgIpc) is 0.896. The summed E-state index contributed by atoms with van der Waals surface area (Å²) in [7, 11) is 3.26. The number of hydrogen-bond donors (Lipinski definition) is 1. The van der Waals surface area contributed by atoms with Crippen LogP contribution in [-0.2, 0) is 13.1 Å². The standard InChI is InChI=1S/C19H14BrClFNO.C19H15ClFNO.C13H12ClNO.C12H10ClNO.C6H6BrNO.5CH4/c1-12-5-4-7-14(19(12)21)17-9-18(24)15(20)11-23(17)10-13-6-2-3-8-16(13)22;1-13-5-4-7-16(19(13)20)18-11-15(23)9-10-22(18)12-14-6-2-3-8-17(14)21;1-9-4-3-5-11(13(9)14)12-8-10(16-2)6-7-15-12;1-8-3-2-4-10(12(8)13)11-7-9(15)5-6-14-11;1-9-5-2-3-8-6(7)4-5;;;;;/h2-9,11H,10H2,1H3;2-11H,12H2,1H3;3-8H,1-2H3;2-7H,1H3,(H,14,15);2-4H,1H3;5*1H4. The minimum atomic E-state index is -0.284. The Morgan fingerprint density at radius 3 is 1.40 bits per heavy atom. The molecule has 0 aliphatic heterocycles. The molecule has 92 heavy (non-hydrogen) atoms. The van der Waals surface area contributed by atoms with Gasteiger partial charge in [-0.3, -0.25) is 19.4 Å². The molecule has 18 heteroatoms. The highest BCUT2D eigenvalue weighted by Crippen LogP contribution is 2.34. The number of pyridine rings is 5. The highest BCUT2D eigenvalue weighted by Gasteiger charge is 2.15. The Hall–Kier alpha value is -7.95. The lowest BCUT2D eigenvalue weighted by atomic mass is 10.1. The predicted octanol–water partition coefficient (Wildman–Crippen LogP) is 21.8. The van der Waals surface area contributed by atoms with Crippen LogP contribution in [0.25, 0.3) is 45.0 Å². The topological polar surface area (TPSA) is 121 Å². The summed E-state index contributed by atoms with van der Waals surface area (Å²) < 4.78 is 42.9. The van der Waals surface area contributed by atoms with Crippen LogP contribution in [0, 0.1) is 39.3 Å². The van der Waals surface area contributed by atoms with E-state index in [9.17, 15) is 23.2 Å². The third-order valence-electron chi connectivity index (χ3n) is 13.2. The Morgan fingerprint density at radius 1 is 0.478 bits per heavy atom. The van der Waals surface area contributed by atoms with Crippen molar-refractivity contribution in [3.63, 3.8) is 0 Å². The molecular weight excluding hydrogens is 1380 g/mol. The summed E-state index contributed by atoms with van der Waals surface area (Å²) in [5.41, 5.74) is 10.9. The Balaban J connectivity index is 0.000000398. The van der Waals surface area contributed by atoms with E-state index in [2.05, 4.69) is 46.8 Å². The summed E-state index contributed by atoms with van der Waals surface area (Å²) >= 11 is 31.7. The first-order valence-corrected chi connectivity index (χ1v) is 29.8. The van der Waals surface area contributed by atoms with Crippen molar-refractivity contribution in [2.75, 3.05) is 14.2 Å². The zero-order valence-electron chi connectivity index (χ0n) is 47.9. The summed E-state index contributed by atoms with van der Waals surface area (Å²) in [6, 6.07) is 51.0. The van der Waals surface area contributed by atoms with Gasteiger partial charge in [-0.25, -0.2) is 13.8 Å². The maximum atomic E-state index is 14.0. The molecule has 0 radical (unpaired) electrons. The molecule has 0 saturated heterocycles. The number of nitrogens with zero attached hydrogens (tertiary/aromatic N) is 4. The van der Waals surface area contributed by atoms with Gasteiger partial charge in [0.15, 0.2) is 16.3 Å². The lowest BCUT2D eigenvalue weighted by Gasteiger charge is -2.16. The summed E-state index contributed by atoms with van der Waals surface area (Å²) in [5, 5.41) is 2.60. The predicted molar refractivity (Wildman–Crippen MR) is 391 cm³/mol. The fraction of sp³-hybridized carbons (Fsp3) is 0.176. The Kier molecular flexibility index (Phi) is 33.8. The molecule has 0 atom stereocenters. The van der Waals surface area contributed by atoms with Crippen LogP contribution < -0.4 is 25.8 Å². The van der Waals surface area contributed by atoms with E-state index in [1.165, 1.54) is 36.4 Å². The van der Waals surface area contributed by atoms with Crippen LogP contribution >= 0.6 is 78.3 Å². The highest BCUT2D eigenvalue weighted by atomic mass is 79.9. The normalized spacial score (nSPS) is 9.85. The summed E-state index contributed by atoms with van der Waals surface area (Å²) in [5.74, 6) is 1.04. The van der Waals surface area contributed by atoms with Crippen molar-refractivity contribution in [3.8, 4) is 56.5 Å². The van der Waals surface area contributed by atoms with Gasteiger partial charge in [0.1, 0.15) is 27.7 Å². The lowest BCUT2D eigenvalue weighted by molar-refractivity contribution is 0.414. The molecule has 10 nitrogen and oxygen atoms in total. The molecule has 0 saturated carbocycles. The molecule has 484 valence electrons. The lowest BCUT2D eigenvalue weighted by Crippen LogP contribution is -2.12. The first-order chi connectivity index (χ1) is 41.8. The second-order valence-corrected chi connectivity index (χ2v) is 22.5. The number of benzene rings is 6. The third-order valence-corrected chi connectivity index (χ3v) is 16.3. The van der Waals surface area contributed by atoms with Crippen molar-refractivity contribution in [1.29, 1.82) is 0 Å². The van der Waals surface area contributed by atoms with Crippen molar-refractivity contribution >= 4 is 78.3 Å². The number of aromatic amines is 1. The number of aryl methyl sites for hydroxylation is 4. The first-order valence-electron chi connectivity index (χ1n) is 26.7. The van der Waals surface area contributed by atoms with E-state index in [-0.39, 0.29) is 65.1 Å². The third kappa shape index (κ3) is 21.9. The smallest absolute Gasteiger partial charge is 0.196 e. The monoisotopic (exact) mass is 1450 g/mol. The second kappa shape index (κ2) is 38.8. The van der Waals surface area contributed by atoms with Gasteiger partial charge in [-0.1, -0.05) is 193 Å². The average molecular weight is 1460 g/mol. The summed E-state index contributed by atoms with van der Waals surface area (Å²) in [4.78, 5) is 46.3. The molecule has 11 aromatic rings. The van der Waals surface area contributed by atoms with Gasteiger partial charge in [-0.2, -0.15) is 0 Å². The van der Waals surface area contributed by atoms with Crippen molar-refractivity contribution in [1.82, 2.24) is 24.1 Å². The number of hydrogen-bond acceptors (Lipinski definition) is 7. The molecule has 0 aliphatic rings. The SMILES string of the molecule is C.C.C.C.C.COc1ccnc(-c2cccc(C)c2Cl)c1.COc1ccnc(Br)c1.Cc1cccc(-c2cc(=O)c(Br)cn2Cc2ccccc2F)c1Cl.Cc1cccc(-c2cc(=O)cc[nH]2)c1Cl.Cc1cccc(-c2cc(=O)ccn2Cc2ccccc2F)c1Cl. The van der Waals surface area contributed by atoms with Crippen molar-refractivity contribution < 1.29 is 18.3 Å². The molecule has 0 spiro atoms. The van der Waals surface area contributed by atoms with Gasteiger partial charge in [-0.15, -0.1) is 0 Å². The number of nitrogens with one attached hydrogen (secondary N) is 1. The molecule has 5 aromatic heterocycles. The molecule has 0 fully saturated rings. The summed E-state index contributed by atoms with van der Waals surface area (Å²) in [6.45, 7) is 8.36. The molecule has 1 N–H and O–H groups in total. The van der Waals surface area contributed by atoms with Crippen LogP contribution in [0.4, 0.5) is 8.78 Å².